The molecule has 2 saturated heterocycles. The van der Waals surface area contributed by atoms with Gasteiger partial charge in [0.1, 0.15) is 0 Å². The largest absolute Gasteiger partial charge is 0.471 e. The van der Waals surface area contributed by atoms with Gasteiger partial charge in [0.25, 0.3) is 11.6 Å². The summed E-state index contributed by atoms with van der Waals surface area (Å²) in [6, 6.07) is 3.81. The van der Waals surface area contributed by atoms with E-state index in [9.17, 15) is 32.9 Å². The van der Waals surface area contributed by atoms with Crippen LogP contribution in [0.25, 0.3) is 5.57 Å². The summed E-state index contributed by atoms with van der Waals surface area (Å²) >= 11 is 0. The van der Waals surface area contributed by atoms with Gasteiger partial charge in [-0.1, -0.05) is 0 Å². The molecule has 1 aromatic rings. The average Bonchev–Trinajstić information content (AvgIpc) is 3.31. The molecule has 160 valence electrons. The Morgan fingerprint density at radius 2 is 1.93 bits per heavy atom. The third-order valence-corrected chi connectivity index (χ3v) is 5.76. The lowest BCUT2D eigenvalue weighted by atomic mass is 10.0. The van der Waals surface area contributed by atoms with Crippen molar-refractivity contribution in [1.29, 1.82) is 0 Å². The fourth-order valence-electron chi connectivity index (χ4n) is 4.36. The van der Waals surface area contributed by atoms with Crippen molar-refractivity contribution in [3.8, 4) is 0 Å². The quantitative estimate of drug-likeness (QED) is 0.447. The number of nitro benzene ring substituents is 1. The molecule has 0 aliphatic carbocycles. The molecule has 4 rings (SSSR count). The van der Waals surface area contributed by atoms with Crippen LogP contribution in [-0.4, -0.2) is 53.5 Å². The Balaban J connectivity index is 1.64. The molecule has 0 saturated carbocycles. The maximum Gasteiger partial charge on any atom is 0.471 e. The Morgan fingerprint density at radius 1 is 1.23 bits per heavy atom. The standard InChI is InChI=1S/C19H19F3N4O4/c20-19(21,22)18(28)24-8-5-11(6-9-24)25-15-4-3-12(26(29)30)10-13(15)16(17(25)27)14-2-1-7-23-14/h3-4,10-11,23H,1-2,5-9H2/b16-14-. The van der Waals surface area contributed by atoms with Crippen molar-refractivity contribution in [1.82, 2.24) is 10.2 Å². The Bertz CT molecular complexity index is 944. The summed E-state index contributed by atoms with van der Waals surface area (Å²) < 4.78 is 38.1. The zero-order valence-electron chi connectivity index (χ0n) is 15.9. The van der Waals surface area contributed by atoms with E-state index >= 15 is 0 Å². The second-order valence-electron chi connectivity index (χ2n) is 7.54. The van der Waals surface area contributed by atoms with Gasteiger partial charge in [-0.05, 0) is 31.7 Å². The number of rotatable bonds is 2. The number of halogens is 3. The molecule has 0 radical (unpaired) electrons. The average molecular weight is 424 g/mol. The molecule has 3 aliphatic rings. The molecule has 0 atom stereocenters. The van der Waals surface area contributed by atoms with Gasteiger partial charge >= 0.3 is 12.1 Å². The number of anilines is 1. The van der Waals surface area contributed by atoms with Gasteiger partial charge in [-0.2, -0.15) is 13.2 Å². The second-order valence-corrected chi connectivity index (χ2v) is 7.54. The summed E-state index contributed by atoms with van der Waals surface area (Å²) in [4.78, 5) is 37.8. The van der Waals surface area contributed by atoms with E-state index in [1.165, 1.54) is 23.1 Å². The van der Waals surface area contributed by atoms with Gasteiger partial charge in [0.15, 0.2) is 0 Å². The van der Waals surface area contributed by atoms with Crippen molar-refractivity contribution in [2.45, 2.75) is 37.9 Å². The third-order valence-electron chi connectivity index (χ3n) is 5.76. The summed E-state index contributed by atoms with van der Waals surface area (Å²) in [5.41, 5.74) is 1.97. The van der Waals surface area contributed by atoms with Crippen LogP contribution in [0.3, 0.4) is 0 Å². The van der Waals surface area contributed by atoms with E-state index in [1.807, 2.05) is 0 Å². The number of allylic oxidation sites excluding steroid dienone is 1. The lowest BCUT2D eigenvalue weighted by molar-refractivity contribution is -0.384. The number of nitrogens with zero attached hydrogens (tertiary/aromatic N) is 3. The van der Waals surface area contributed by atoms with Gasteiger partial charge in [-0.25, -0.2) is 0 Å². The number of piperidine rings is 1. The van der Waals surface area contributed by atoms with Crippen molar-refractivity contribution in [2.24, 2.45) is 0 Å². The highest BCUT2D eigenvalue weighted by atomic mass is 19.4. The molecule has 0 unspecified atom stereocenters. The zero-order chi connectivity index (χ0) is 21.6. The molecule has 0 bridgehead atoms. The number of nitro groups is 1. The number of likely N-dealkylation sites (tertiary alicyclic amines) is 1. The van der Waals surface area contributed by atoms with E-state index in [0.29, 0.717) is 29.8 Å². The normalized spacial score (nSPS) is 22.3. The van der Waals surface area contributed by atoms with Crippen molar-refractivity contribution in [3.05, 3.63) is 39.6 Å². The first-order valence-electron chi connectivity index (χ1n) is 9.64. The third kappa shape index (κ3) is 3.37. The summed E-state index contributed by atoms with van der Waals surface area (Å²) in [6.07, 6.45) is -3.04. The van der Waals surface area contributed by atoms with Crippen LogP contribution in [0, 0.1) is 10.1 Å². The lowest BCUT2D eigenvalue weighted by Crippen LogP contribution is -2.50. The minimum atomic E-state index is -4.92. The maximum absolute atomic E-state index is 13.3. The van der Waals surface area contributed by atoms with Crippen LogP contribution in [0.15, 0.2) is 23.9 Å². The molecule has 11 heteroatoms. The van der Waals surface area contributed by atoms with Crippen LogP contribution in [0.4, 0.5) is 24.5 Å². The van der Waals surface area contributed by atoms with Gasteiger partial charge < -0.3 is 15.1 Å². The van der Waals surface area contributed by atoms with Gasteiger partial charge in [-0.15, -0.1) is 0 Å². The van der Waals surface area contributed by atoms with Gasteiger partial charge in [0.2, 0.25) is 0 Å². The topological polar surface area (TPSA) is 95.8 Å². The minimum absolute atomic E-state index is 0.112. The zero-order valence-corrected chi connectivity index (χ0v) is 15.9. The number of benzene rings is 1. The molecule has 0 spiro atoms. The van der Waals surface area contributed by atoms with Crippen molar-refractivity contribution in [2.75, 3.05) is 24.5 Å². The molecule has 8 nitrogen and oxygen atoms in total. The molecule has 1 N–H and O–H groups in total. The molecular formula is C19H19F3N4O4. The van der Waals surface area contributed by atoms with Crippen LogP contribution in [-0.2, 0) is 9.59 Å². The highest BCUT2D eigenvalue weighted by molar-refractivity contribution is 6.33. The lowest BCUT2D eigenvalue weighted by Gasteiger charge is -2.37. The van der Waals surface area contributed by atoms with Crippen LogP contribution < -0.4 is 10.2 Å². The Morgan fingerprint density at radius 3 is 2.50 bits per heavy atom. The summed E-state index contributed by atoms with van der Waals surface area (Å²) in [5.74, 6) is -2.18. The molecule has 3 heterocycles. The first-order chi connectivity index (χ1) is 14.2. The Hall–Kier alpha value is -3.11. The summed E-state index contributed by atoms with van der Waals surface area (Å²) in [6.45, 7) is 0.479. The molecule has 30 heavy (non-hydrogen) atoms. The second kappa shape index (κ2) is 7.29. The van der Waals surface area contributed by atoms with E-state index < -0.39 is 23.0 Å². The van der Waals surface area contributed by atoms with E-state index in [-0.39, 0.29) is 37.5 Å². The fourth-order valence-corrected chi connectivity index (χ4v) is 4.36. The number of nitrogens with one attached hydrogen (secondary N) is 1. The molecule has 2 amide bonds. The molecule has 0 aromatic heterocycles. The van der Waals surface area contributed by atoms with Crippen LogP contribution in [0.1, 0.15) is 31.2 Å². The number of alkyl halides is 3. The van der Waals surface area contributed by atoms with Gasteiger partial charge in [-0.3, -0.25) is 19.7 Å². The highest BCUT2D eigenvalue weighted by Gasteiger charge is 2.45. The van der Waals surface area contributed by atoms with Crippen LogP contribution in [0.5, 0.6) is 0 Å². The van der Waals surface area contributed by atoms with E-state index in [4.69, 9.17) is 0 Å². The van der Waals surface area contributed by atoms with Gasteiger partial charge in [0.05, 0.1) is 16.2 Å². The summed E-state index contributed by atoms with van der Waals surface area (Å²) in [5, 5.41) is 14.4. The fraction of sp³-hybridized carbons (Fsp3) is 0.474. The number of non-ortho nitro benzene ring substituents is 1. The monoisotopic (exact) mass is 424 g/mol. The highest BCUT2D eigenvalue weighted by Crippen LogP contribution is 2.43. The molecule has 3 aliphatic heterocycles. The maximum atomic E-state index is 13.3. The SMILES string of the molecule is O=C1/C(=C2/CCCN2)c2cc([N+](=O)[O-])ccc2N1C1CCN(C(=O)C(F)(F)F)CC1. The predicted octanol–water partition coefficient (Wildman–Crippen LogP) is 2.59. The van der Waals surface area contributed by atoms with E-state index in [2.05, 4.69) is 5.32 Å². The number of hydrogen-bond acceptors (Lipinski definition) is 5. The minimum Gasteiger partial charge on any atom is -0.388 e. The number of carbonyl (C=O) groups is 2. The Kier molecular flexibility index (Phi) is 4.91. The Labute approximate surface area is 169 Å². The smallest absolute Gasteiger partial charge is 0.388 e. The van der Waals surface area contributed by atoms with Crippen molar-refractivity contribution >= 4 is 28.8 Å². The van der Waals surface area contributed by atoms with Crippen LogP contribution in [0.2, 0.25) is 0 Å². The van der Waals surface area contributed by atoms with Gasteiger partial charge in [0, 0.05) is 49.1 Å². The van der Waals surface area contributed by atoms with Crippen molar-refractivity contribution in [3.63, 3.8) is 0 Å². The summed E-state index contributed by atoms with van der Waals surface area (Å²) in [7, 11) is 0. The number of hydrogen-bond donors (Lipinski definition) is 1. The molecule has 2 fully saturated rings. The molecular weight excluding hydrogens is 405 g/mol. The molecule has 1 aromatic carbocycles. The van der Waals surface area contributed by atoms with Crippen molar-refractivity contribution < 1.29 is 27.7 Å². The number of carbonyl (C=O) groups excluding carboxylic acids is 2. The van der Waals surface area contributed by atoms with E-state index in [1.54, 1.807) is 0 Å². The number of amides is 2. The number of fused-ring (bicyclic) bond motifs is 1. The first kappa shape index (κ1) is 20.2. The first-order valence-corrected chi connectivity index (χ1v) is 9.64. The predicted molar refractivity (Wildman–Crippen MR) is 100 cm³/mol. The van der Waals surface area contributed by atoms with E-state index in [0.717, 1.165) is 17.0 Å². The van der Waals surface area contributed by atoms with Crippen LogP contribution >= 0.6 is 0 Å².